The van der Waals surface area contributed by atoms with Crippen molar-refractivity contribution in [3.8, 4) is 0 Å². The van der Waals surface area contributed by atoms with Crippen molar-refractivity contribution in [2.75, 3.05) is 19.6 Å². The van der Waals surface area contributed by atoms with E-state index in [1.807, 2.05) is 67.0 Å². The largest absolute Gasteiger partial charge is 0.385 e. The molecule has 0 saturated heterocycles. The van der Waals surface area contributed by atoms with Gasteiger partial charge in [-0.2, -0.15) is 0 Å². The molecule has 0 radical (unpaired) electrons. The highest BCUT2D eigenvalue weighted by Crippen LogP contribution is 2.12. The Kier molecular flexibility index (Phi) is 6.81. The van der Waals surface area contributed by atoms with Crippen LogP contribution >= 0.6 is 0 Å². The summed E-state index contributed by atoms with van der Waals surface area (Å²) in [5.74, 6) is 0. The van der Waals surface area contributed by atoms with E-state index in [1.54, 1.807) is 6.20 Å². The number of pyridine rings is 3. The van der Waals surface area contributed by atoms with Crippen LogP contribution in [0.25, 0.3) is 0 Å². The van der Waals surface area contributed by atoms with E-state index in [0.29, 0.717) is 12.2 Å². The lowest BCUT2D eigenvalue weighted by Crippen LogP contribution is -2.33. The van der Waals surface area contributed by atoms with Gasteiger partial charge in [-0.15, -0.1) is 0 Å². The van der Waals surface area contributed by atoms with Gasteiger partial charge in [0.2, 0.25) is 0 Å². The zero-order valence-electron chi connectivity index (χ0n) is 14.8. The quantitative estimate of drug-likeness (QED) is 0.644. The summed E-state index contributed by atoms with van der Waals surface area (Å²) in [6.45, 7) is 2.19. The number of hydrogen-bond acceptors (Lipinski definition) is 5. The molecule has 1 unspecified atom stereocenters. The van der Waals surface area contributed by atoms with Gasteiger partial charge in [0.05, 0.1) is 5.69 Å². The minimum Gasteiger partial charge on any atom is -0.385 e. The van der Waals surface area contributed by atoms with Crippen molar-refractivity contribution in [1.82, 2.24) is 19.9 Å². The fourth-order valence-electron chi connectivity index (χ4n) is 2.84. The van der Waals surface area contributed by atoms with Crippen molar-refractivity contribution in [3.63, 3.8) is 0 Å². The van der Waals surface area contributed by atoms with Crippen LogP contribution in [0.5, 0.6) is 0 Å². The summed E-state index contributed by atoms with van der Waals surface area (Å²) in [7, 11) is 0. The summed E-state index contributed by atoms with van der Waals surface area (Å²) < 4.78 is 0. The highest BCUT2D eigenvalue weighted by Gasteiger charge is 2.15. The minimum atomic E-state index is -0.608. The van der Waals surface area contributed by atoms with Crippen LogP contribution in [0, 0.1) is 0 Å². The average molecular weight is 348 g/mol. The number of aliphatic hydroxyl groups excluding tert-OH is 1. The van der Waals surface area contributed by atoms with E-state index in [2.05, 4.69) is 19.9 Å². The van der Waals surface area contributed by atoms with E-state index in [-0.39, 0.29) is 0 Å². The Morgan fingerprint density at radius 3 is 1.73 bits per heavy atom. The van der Waals surface area contributed by atoms with E-state index in [9.17, 15) is 5.11 Å². The number of aliphatic hydroxyl groups is 1. The van der Waals surface area contributed by atoms with E-state index in [0.717, 1.165) is 37.3 Å². The van der Waals surface area contributed by atoms with Crippen LogP contribution in [-0.2, 0) is 12.8 Å². The highest BCUT2D eigenvalue weighted by atomic mass is 16.3. The van der Waals surface area contributed by atoms with Crippen LogP contribution in [0.3, 0.4) is 0 Å². The molecule has 0 aliphatic carbocycles. The van der Waals surface area contributed by atoms with Crippen molar-refractivity contribution >= 4 is 0 Å². The standard InChI is InChI=1S/C21H24N4O/c26-21(20-9-3-6-14-24-20)17-25(15-10-18-7-1-4-12-22-18)16-11-19-8-2-5-13-23-19/h1-9,12-14,21,26H,10-11,15-17H2. The zero-order valence-corrected chi connectivity index (χ0v) is 14.8. The van der Waals surface area contributed by atoms with Crippen molar-refractivity contribution in [3.05, 3.63) is 90.3 Å². The van der Waals surface area contributed by atoms with Crippen LogP contribution in [0.15, 0.2) is 73.2 Å². The maximum Gasteiger partial charge on any atom is 0.109 e. The van der Waals surface area contributed by atoms with E-state index >= 15 is 0 Å². The molecule has 0 fully saturated rings. The molecule has 0 saturated carbocycles. The Labute approximate surface area is 154 Å². The van der Waals surface area contributed by atoms with Gasteiger partial charge < -0.3 is 5.11 Å². The topological polar surface area (TPSA) is 62.1 Å². The second kappa shape index (κ2) is 9.75. The monoisotopic (exact) mass is 348 g/mol. The maximum atomic E-state index is 10.5. The molecular formula is C21H24N4O. The predicted octanol–water partition coefficient (Wildman–Crippen LogP) is 2.69. The first-order valence-corrected chi connectivity index (χ1v) is 8.92. The molecule has 0 aliphatic heterocycles. The Morgan fingerprint density at radius 1 is 0.731 bits per heavy atom. The first-order chi connectivity index (χ1) is 12.8. The number of rotatable bonds is 9. The smallest absolute Gasteiger partial charge is 0.109 e. The average Bonchev–Trinajstić information content (AvgIpc) is 2.72. The fraction of sp³-hybridized carbons (Fsp3) is 0.286. The molecule has 5 nitrogen and oxygen atoms in total. The van der Waals surface area contributed by atoms with Gasteiger partial charge in [0.15, 0.2) is 0 Å². The first kappa shape index (κ1) is 18.2. The molecule has 1 atom stereocenters. The molecule has 0 spiro atoms. The Balaban J connectivity index is 1.62. The van der Waals surface area contributed by atoms with Crippen LogP contribution in [-0.4, -0.2) is 44.6 Å². The van der Waals surface area contributed by atoms with Gasteiger partial charge in [-0.1, -0.05) is 18.2 Å². The Hall–Kier alpha value is -2.63. The number of aromatic nitrogens is 3. The van der Waals surface area contributed by atoms with Gasteiger partial charge in [-0.25, -0.2) is 0 Å². The molecule has 134 valence electrons. The van der Waals surface area contributed by atoms with Crippen molar-refractivity contribution in [1.29, 1.82) is 0 Å². The van der Waals surface area contributed by atoms with Gasteiger partial charge in [0.1, 0.15) is 6.10 Å². The molecule has 1 N–H and O–H groups in total. The lowest BCUT2D eigenvalue weighted by Gasteiger charge is -2.24. The molecular weight excluding hydrogens is 324 g/mol. The molecule has 3 aromatic rings. The Bertz CT molecular complexity index is 709. The third-order valence-corrected chi connectivity index (χ3v) is 4.28. The third-order valence-electron chi connectivity index (χ3n) is 4.28. The van der Waals surface area contributed by atoms with Crippen molar-refractivity contribution < 1.29 is 5.11 Å². The van der Waals surface area contributed by atoms with E-state index in [1.165, 1.54) is 0 Å². The fourth-order valence-corrected chi connectivity index (χ4v) is 2.84. The number of hydrogen-bond donors (Lipinski definition) is 1. The molecule has 3 heterocycles. The van der Waals surface area contributed by atoms with Crippen LogP contribution in [0.4, 0.5) is 0 Å². The first-order valence-electron chi connectivity index (χ1n) is 8.92. The zero-order chi connectivity index (χ0) is 18.0. The Morgan fingerprint density at radius 2 is 1.27 bits per heavy atom. The van der Waals surface area contributed by atoms with Crippen LogP contribution < -0.4 is 0 Å². The SMILES string of the molecule is OC(CN(CCc1ccccn1)CCc1ccccn1)c1ccccn1. The maximum absolute atomic E-state index is 10.5. The second-order valence-electron chi connectivity index (χ2n) is 6.21. The summed E-state index contributed by atoms with van der Waals surface area (Å²) in [6, 6.07) is 17.5. The van der Waals surface area contributed by atoms with E-state index in [4.69, 9.17) is 0 Å². The van der Waals surface area contributed by atoms with Crippen LogP contribution in [0.2, 0.25) is 0 Å². The second-order valence-corrected chi connectivity index (χ2v) is 6.21. The third kappa shape index (κ3) is 5.72. The summed E-state index contributed by atoms with van der Waals surface area (Å²) in [6.07, 6.45) is 6.43. The van der Waals surface area contributed by atoms with Gasteiger partial charge in [0, 0.05) is 62.5 Å². The molecule has 5 heteroatoms. The van der Waals surface area contributed by atoms with E-state index < -0.39 is 6.10 Å². The van der Waals surface area contributed by atoms with Gasteiger partial charge >= 0.3 is 0 Å². The summed E-state index contributed by atoms with van der Waals surface area (Å²) >= 11 is 0. The normalized spacial score (nSPS) is 12.2. The van der Waals surface area contributed by atoms with Gasteiger partial charge in [0.25, 0.3) is 0 Å². The van der Waals surface area contributed by atoms with Crippen LogP contribution in [0.1, 0.15) is 23.2 Å². The van der Waals surface area contributed by atoms with Gasteiger partial charge in [-0.05, 0) is 36.4 Å². The summed E-state index contributed by atoms with van der Waals surface area (Å²) in [4.78, 5) is 15.3. The summed E-state index contributed by atoms with van der Waals surface area (Å²) in [5.41, 5.74) is 2.82. The molecule has 0 aromatic carbocycles. The van der Waals surface area contributed by atoms with Crippen molar-refractivity contribution in [2.24, 2.45) is 0 Å². The molecule has 3 rings (SSSR count). The van der Waals surface area contributed by atoms with Gasteiger partial charge in [-0.3, -0.25) is 19.9 Å². The minimum absolute atomic E-state index is 0.538. The lowest BCUT2D eigenvalue weighted by molar-refractivity contribution is 0.110. The molecule has 0 amide bonds. The predicted molar refractivity (Wildman–Crippen MR) is 102 cm³/mol. The number of nitrogens with zero attached hydrogens (tertiary/aromatic N) is 4. The van der Waals surface area contributed by atoms with Crippen molar-refractivity contribution in [2.45, 2.75) is 18.9 Å². The molecule has 26 heavy (non-hydrogen) atoms. The summed E-state index contributed by atoms with van der Waals surface area (Å²) in [5, 5.41) is 10.5. The molecule has 0 aliphatic rings. The lowest BCUT2D eigenvalue weighted by atomic mass is 10.1. The highest BCUT2D eigenvalue weighted by molar-refractivity contribution is 5.08. The molecule has 0 bridgehead atoms. The molecule has 3 aromatic heterocycles.